The van der Waals surface area contributed by atoms with Crippen LogP contribution in [0.5, 0.6) is 0 Å². The molecule has 0 fully saturated rings. The molecule has 0 bridgehead atoms. The van der Waals surface area contributed by atoms with Crippen molar-refractivity contribution in [3.05, 3.63) is 53.0 Å². The third-order valence-electron chi connectivity index (χ3n) is 3.97. The van der Waals surface area contributed by atoms with E-state index in [1.165, 1.54) is 17.2 Å². The lowest BCUT2D eigenvalue weighted by Gasteiger charge is -2.19. The second kappa shape index (κ2) is 5.82. The van der Waals surface area contributed by atoms with Gasteiger partial charge >= 0.3 is 0 Å². The highest BCUT2D eigenvalue weighted by Crippen LogP contribution is 2.34. The molecule has 3 nitrogen and oxygen atoms in total. The van der Waals surface area contributed by atoms with Crippen LogP contribution < -0.4 is 10.2 Å². The molecule has 21 heavy (non-hydrogen) atoms. The lowest BCUT2D eigenvalue weighted by atomic mass is 10.1. The van der Waals surface area contributed by atoms with E-state index in [1.807, 2.05) is 19.1 Å². The number of rotatable bonds is 4. The lowest BCUT2D eigenvalue weighted by molar-refractivity contribution is 0.628. The van der Waals surface area contributed by atoms with Crippen molar-refractivity contribution in [3.63, 3.8) is 0 Å². The number of halogens is 1. The molecule has 2 heterocycles. The molecule has 1 N–H and O–H groups in total. The number of nitrogens with zero attached hydrogens (tertiary/aromatic N) is 2. The molecule has 3 rings (SSSR count). The van der Waals surface area contributed by atoms with E-state index in [-0.39, 0.29) is 5.82 Å². The summed E-state index contributed by atoms with van der Waals surface area (Å²) in [5.74, 6) is 0.707. The molecule has 0 spiro atoms. The van der Waals surface area contributed by atoms with Crippen molar-refractivity contribution in [1.82, 2.24) is 10.3 Å². The topological polar surface area (TPSA) is 28.2 Å². The summed E-state index contributed by atoms with van der Waals surface area (Å²) in [4.78, 5) is 6.80. The average molecular weight is 285 g/mol. The number of fused-ring (bicyclic) bond motifs is 1. The Bertz CT molecular complexity index is 654. The van der Waals surface area contributed by atoms with Crippen LogP contribution in [-0.4, -0.2) is 18.1 Å². The van der Waals surface area contributed by atoms with Crippen LogP contribution in [0.25, 0.3) is 0 Å². The molecule has 0 unspecified atom stereocenters. The molecular weight excluding hydrogens is 265 g/mol. The normalized spacial score (nSPS) is 13.6. The molecule has 1 aliphatic rings. The third-order valence-corrected chi connectivity index (χ3v) is 3.97. The summed E-state index contributed by atoms with van der Waals surface area (Å²) in [6.07, 6.45) is 0.940. The number of anilines is 2. The molecule has 0 saturated heterocycles. The van der Waals surface area contributed by atoms with E-state index in [1.54, 1.807) is 6.07 Å². The Balaban J connectivity index is 1.89. The average Bonchev–Trinajstić information content (AvgIpc) is 2.89. The highest BCUT2D eigenvalue weighted by Gasteiger charge is 2.22. The first-order valence-electron chi connectivity index (χ1n) is 7.42. The van der Waals surface area contributed by atoms with Gasteiger partial charge in [0, 0.05) is 24.5 Å². The Morgan fingerprint density at radius 2 is 2.14 bits per heavy atom. The van der Waals surface area contributed by atoms with Gasteiger partial charge in [-0.1, -0.05) is 19.1 Å². The van der Waals surface area contributed by atoms with Crippen molar-refractivity contribution >= 4 is 11.5 Å². The first kappa shape index (κ1) is 14.0. The molecule has 0 aliphatic carbocycles. The zero-order valence-electron chi connectivity index (χ0n) is 12.5. The number of hydrogen-bond donors (Lipinski definition) is 1. The Morgan fingerprint density at radius 3 is 2.90 bits per heavy atom. The van der Waals surface area contributed by atoms with E-state index in [4.69, 9.17) is 4.98 Å². The maximum absolute atomic E-state index is 13.5. The Kier molecular flexibility index (Phi) is 3.88. The van der Waals surface area contributed by atoms with Crippen LogP contribution in [0.4, 0.5) is 15.9 Å². The Labute approximate surface area is 124 Å². The third kappa shape index (κ3) is 2.76. The van der Waals surface area contributed by atoms with E-state index in [0.29, 0.717) is 0 Å². The van der Waals surface area contributed by atoms with Gasteiger partial charge in [0.15, 0.2) is 0 Å². The number of hydrogen-bond acceptors (Lipinski definition) is 3. The predicted molar refractivity (Wildman–Crippen MR) is 83.5 cm³/mol. The summed E-state index contributed by atoms with van der Waals surface area (Å²) in [7, 11) is 0. The quantitative estimate of drug-likeness (QED) is 0.934. The van der Waals surface area contributed by atoms with Crippen LogP contribution in [0.1, 0.15) is 23.7 Å². The Hall–Kier alpha value is -1.94. The SMILES string of the molecule is CCNCc1ccc(N2CCc3ccc(F)cc32)nc1C. The molecule has 1 aromatic carbocycles. The van der Waals surface area contributed by atoms with Gasteiger partial charge in [0.1, 0.15) is 11.6 Å². The van der Waals surface area contributed by atoms with E-state index < -0.39 is 0 Å². The van der Waals surface area contributed by atoms with Crippen LogP contribution in [0.15, 0.2) is 30.3 Å². The van der Waals surface area contributed by atoms with Gasteiger partial charge in [-0.3, -0.25) is 0 Å². The molecule has 0 saturated carbocycles. The van der Waals surface area contributed by atoms with Crippen molar-refractivity contribution in [3.8, 4) is 0 Å². The van der Waals surface area contributed by atoms with Gasteiger partial charge in [-0.2, -0.15) is 0 Å². The van der Waals surface area contributed by atoms with Crippen molar-refractivity contribution in [1.29, 1.82) is 0 Å². The summed E-state index contributed by atoms with van der Waals surface area (Å²) >= 11 is 0. The molecule has 0 radical (unpaired) electrons. The minimum absolute atomic E-state index is 0.193. The summed E-state index contributed by atoms with van der Waals surface area (Å²) in [6.45, 7) is 6.75. The maximum Gasteiger partial charge on any atom is 0.133 e. The number of benzene rings is 1. The number of aromatic nitrogens is 1. The van der Waals surface area contributed by atoms with E-state index in [9.17, 15) is 4.39 Å². The minimum Gasteiger partial charge on any atom is -0.326 e. The molecule has 1 aliphatic heterocycles. The molecule has 4 heteroatoms. The van der Waals surface area contributed by atoms with Gasteiger partial charge in [0.05, 0.1) is 0 Å². The first-order valence-corrected chi connectivity index (χ1v) is 7.42. The van der Waals surface area contributed by atoms with Gasteiger partial charge in [0.25, 0.3) is 0 Å². The fraction of sp³-hybridized carbons (Fsp3) is 0.353. The first-order chi connectivity index (χ1) is 10.2. The molecule has 0 amide bonds. The predicted octanol–water partition coefficient (Wildman–Crippen LogP) is 3.33. The molecule has 0 atom stereocenters. The molecule has 110 valence electrons. The summed E-state index contributed by atoms with van der Waals surface area (Å²) in [6, 6.07) is 9.14. The van der Waals surface area contributed by atoms with Crippen LogP contribution in [0.3, 0.4) is 0 Å². The lowest BCUT2D eigenvalue weighted by Crippen LogP contribution is -2.17. The second-order valence-electron chi connectivity index (χ2n) is 5.37. The standard InChI is InChI=1S/C17H20FN3/c1-3-19-11-14-5-7-17(20-12(14)2)21-9-8-13-4-6-15(18)10-16(13)21/h4-7,10,19H,3,8-9,11H2,1-2H3. The fourth-order valence-electron chi connectivity index (χ4n) is 2.76. The summed E-state index contributed by atoms with van der Waals surface area (Å²) < 4.78 is 13.5. The Morgan fingerprint density at radius 1 is 1.29 bits per heavy atom. The number of nitrogens with one attached hydrogen (secondary N) is 1. The van der Waals surface area contributed by atoms with Crippen molar-refractivity contribution < 1.29 is 4.39 Å². The highest BCUT2D eigenvalue weighted by molar-refractivity contribution is 5.67. The van der Waals surface area contributed by atoms with Crippen LogP contribution in [0.2, 0.25) is 0 Å². The monoisotopic (exact) mass is 285 g/mol. The van der Waals surface area contributed by atoms with Crippen LogP contribution >= 0.6 is 0 Å². The van der Waals surface area contributed by atoms with E-state index >= 15 is 0 Å². The van der Waals surface area contributed by atoms with Gasteiger partial charge in [-0.05, 0) is 49.2 Å². The molecule has 2 aromatic rings. The maximum atomic E-state index is 13.5. The van der Waals surface area contributed by atoms with E-state index in [2.05, 4.69) is 23.2 Å². The van der Waals surface area contributed by atoms with Crippen molar-refractivity contribution in [2.45, 2.75) is 26.8 Å². The number of pyridine rings is 1. The zero-order chi connectivity index (χ0) is 14.8. The van der Waals surface area contributed by atoms with Crippen molar-refractivity contribution in [2.75, 3.05) is 18.0 Å². The van der Waals surface area contributed by atoms with Gasteiger partial charge in [0.2, 0.25) is 0 Å². The van der Waals surface area contributed by atoms with Crippen molar-refractivity contribution in [2.24, 2.45) is 0 Å². The zero-order valence-corrected chi connectivity index (χ0v) is 12.5. The van der Waals surface area contributed by atoms with Gasteiger partial charge < -0.3 is 10.2 Å². The highest BCUT2D eigenvalue weighted by atomic mass is 19.1. The minimum atomic E-state index is -0.193. The summed E-state index contributed by atoms with van der Waals surface area (Å²) in [5.41, 5.74) is 4.37. The van der Waals surface area contributed by atoms with Crippen LogP contribution in [0, 0.1) is 12.7 Å². The summed E-state index contributed by atoms with van der Waals surface area (Å²) in [5, 5.41) is 3.31. The second-order valence-corrected chi connectivity index (χ2v) is 5.37. The molecule has 1 aromatic heterocycles. The van der Waals surface area contributed by atoms with E-state index in [0.717, 1.165) is 43.3 Å². The largest absolute Gasteiger partial charge is 0.326 e. The smallest absolute Gasteiger partial charge is 0.133 e. The van der Waals surface area contributed by atoms with Gasteiger partial charge in [-0.15, -0.1) is 0 Å². The number of aryl methyl sites for hydroxylation is 1. The molecular formula is C17H20FN3. The fourth-order valence-corrected chi connectivity index (χ4v) is 2.76. The van der Waals surface area contributed by atoms with Gasteiger partial charge in [-0.25, -0.2) is 9.37 Å². The van der Waals surface area contributed by atoms with Crippen LogP contribution in [-0.2, 0) is 13.0 Å².